The first-order valence-corrected chi connectivity index (χ1v) is 8.52. The van der Waals surface area contributed by atoms with Crippen LogP contribution in [0.2, 0.25) is 0 Å². The van der Waals surface area contributed by atoms with Crippen LogP contribution in [-0.4, -0.2) is 38.9 Å². The zero-order valence-electron chi connectivity index (χ0n) is 9.93. The zero-order valence-corrected chi connectivity index (χ0v) is 14.0. The molecule has 1 fully saturated rings. The topological polar surface area (TPSA) is 49.4 Å². The first kappa shape index (κ1) is 16.4. The van der Waals surface area contributed by atoms with Crippen LogP contribution in [0.5, 0.6) is 0 Å². The molecule has 0 aliphatic carbocycles. The molecule has 0 spiro atoms. The third kappa shape index (κ3) is 3.26. The second-order valence-corrected chi connectivity index (χ2v) is 8.61. The Kier molecular flexibility index (Phi) is 6.08. The minimum Gasteiger partial charge on any atom is -0.318 e. The maximum atomic E-state index is 12.4. The zero-order chi connectivity index (χ0) is 12.5. The Hall–Kier alpha value is 0.340. The lowest BCUT2D eigenvalue weighted by atomic mass is 10.2. The Morgan fingerprint density at radius 1 is 1.56 bits per heavy atom. The molecule has 4 nitrogen and oxygen atoms in total. The van der Waals surface area contributed by atoms with Gasteiger partial charge in [0.25, 0.3) is 10.0 Å². The van der Waals surface area contributed by atoms with Crippen molar-refractivity contribution >= 4 is 49.7 Å². The fourth-order valence-electron chi connectivity index (χ4n) is 2.12. The van der Waals surface area contributed by atoms with E-state index in [1.165, 1.54) is 11.3 Å². The smallest absolute Gasteiger partial charge is 0.252 e. The van der Waals surface area contributed by atoms with E-state index in [0.29, 0.717) is 17.3 Å². The van der Waals surface area contributed by atoms with Crippen LogP contribution in [0, 0.1) is 0 Å². The summed E-state index contributed by atoms with van der Waals surface area (Å²) >= 11 is 4.57. The number of hydrogen-bond acceptors (Lipinski definition) is 4. The number of nitrogens with zero attached hydrogens (tertiary/aromatic N) is 1. The van der Waals surface area contributed by atoms with E-state index in [1.54, 1.807) is 16.4 Å². The third-order valence-corrected chi connectivity index (χ3v) is 6.92. The van der Waals surface area contributed by atoms with E-state index in [0.717, 1.165) is 16.6 Å². The average molecular weight is 376 g/mol. The van der Waals surface area contributed by atoms with Gasteiger partial charge in [-0.1, -0.05) is 0 Å². The van der Waals surface area contributed by atoms with E-state index in [-0.39, 0.29) is 18.4 Å². The molecule has 0 aromatic carbocycles. The molecule has 1 unspecified atom stereocenters. The van der Waals surface area contributed by atoms with Crippen molar-refractivity contribution in [3.8, 4) is 0 Å². The van der Waals surface area contributed by atoms with Crippen LogP contribution in [-0.2, 0) is 10.0 Å². The normalized spacial score (nSPS) is 20.9. The van der Waals surface area contributed by atoms with Crippen LogP contribution >= 0.6 is 39.7 Å². The van der Waals surface area contributed by atoms with E-state index in [1.807, 2.05) is 7.05 Å². The summed E-state index contributed by atoms with van der Waals surface area (Å²) in [5, 5.41) is 3.06. The molecule has 2 rings (SSSR count). The van der Waals surface area contributed by atoms with Gasteiger partial charge in [0.15, 0.2) is 0 Å². The van der Waals surface area contributed by atoms with Crippen molar-refractivity contribution in [3.63, 3.8) is 0 Å². The molecule has 0 amide bonds. The summed E-state index contributed by atoms with van der Waals surface area (Å²) in [6.07, 6.45) is 1.88. The van der Waals surface area contributed by atoms with Gasteiger partial charge in [0, 0.05) is 19.1 Å². The van der Waals surface area contributed by atoms with Crippen molar-refractivity contribution in [2.24, 2.45) is 0 Å². The molecular formula is C10H16BrClN2O2S2. The molecule has 0 bridgehead atoms. The van der Waals surface area contributed by atoms with Gasteiger partial charge < -0.3 is 5.32 Å². The minimum atomic E-state index is -3.31. The van der Waals surface area contributed by atoms with Crippen molar-refractivity contribution in [1.29, 1.82) is 0 Å². The molecule has 1 aliphatic heterocycles. The maximum Gasteiger partial charge on any atom is 0.252 e. The number of nitrogens with one attached hydrogen (secondary N) is 1. The van der Waals surface area contributed by atoms with Gasteiger partial charge >= 0.3 is 0 Å². The summed E-state index contributed by atoms with van der Waals surface area (Å²) in [6.45, 7) is 1.34. The number of sulfonamides is 1. The summed E-state index contributed by atoms with van der Waals surface area (Å²) in [5.74, 6) is 0. The predicted molar refractivity (Wildman–Crippen MR) is 80.1 cm³/mol. The highest BCUT2D eigenvalue weighted by molar-refractivity contribution is 9.11. The SMILES string of the molecule is CNCC1CCCN1S(=O)(=O)c1ccc(Br)s1.Cl. The van der Waals surface area contributed by atoms with Crippen LogP contribution in [0.25, 0.3) is 0 Å². The van der Waals surface area contributed by atoms with Crippen LogP contribution < -0.4 is 5.32 Å². The Labute approximate surface area is 126 Å². The Bertz CT molecular complexity index is 492. The lowest BCUT2D eigenvalue weighted by Gasteiger charge is -2.22. The Morgan fingerprint density at radius 2 is 2.28 bits per heavy atom. The number of likely N-dealkylation sites (N-methyl/N-ethyl adjacent to an activating group) is 1. The first-order chi connectivity index (χ1) is 8.05. The fourth-order valence-corrected chi connectivity index (χ4v) is 5.95. The van der Waals surface area contributed by atoms with Crippen molar-refractivity contribution < 1.29 is 8.42 Å². The molecule has 8 heteroatoms. The van der Waals surface area contributed by atoms with Gasteiger partial charge in [-0.3, -0.25) is 0 Å². The second kappa shape index (κ2) is 6.67. The maximum absolute atomic E-state index is 12.4. The van der Waals surface area contributed by atoms with E-state index >= 15 is 0 Å². The largest absolute Gasteiger partial charge is 0.318 e. The lowest BCUT2D eigenvalue weighted by Crippen LogP contribution is -2.40. The van der Waals surface area contributed by atoms with Gasteiger partial charge in [-0.15, -0.1) is 23.7 Å². The van der Waals surface area contributed by atoms with Gasteiger partial charge in [-0.2, -0.15) is 4.31 Å². The van der Waals surface area contributed by atoms with Gasteiger partial charge in [0.2, 0.25) is 0 Å². The first-order valence-electron chi connectivity index (χ1n) is 5.47. The molecule has 18 heavy (non-hydrogen) atoms. The molecule has 0 radical (unpaired) electrons. The summed E-state index contributed by atoms with van der Waals surface area (Å²) < 4.78 is 27.7. The minimum absolute atomic E-state index is 0. The average Bonchev–Trinajstić information content (AvgIpc) is 2.87. The summed E-state index contributed by atoms with van der Waals surface area (Å²) in [5.41, 5.74) is 0. The van der Waals surface area contributed by atoms with Crippen molar-refractivity contribution in [2.45, 2.75) is 23.1 Å². The van der Waals surface area contributed by atoms with E-state index < -0.39 is 10.0 Å². The summed E-state index contributed by atoms with van der Waals surface area (Å²) in [6, 6.07) is 3.53. The Morgan fingerprint density at radius 3 is 2.83 bits per heavy atom. The molecule has 0 saturated carbocycles. The second-order valence-electron chi connectivity index (χ2n) is 4.03. The summed E-state index contributed by atoms with van der Waals surface area (Å²) in [4.78, 5) is 0. The molecule has 1 N–H and O–H groups in total. The molecule has 1 aliphatic rings. The van der Waals surface area contributed by atoms with E-state index in [2.05, 4.69) is 21.2 Å². The number of halogens is 2. The van der Waals surface area contributed by atoms with Crippen molar-refractivity contribution in [2.75, 3.05) is 20.1 Å². The molecule has 1 aromatic rings. The molecule has 104 valence electrons. The molecular weight excluding hydrogens is 360 g/mol. The predicted octanol–water partition coefficient (Wildman–Crippen LogP) is 2.30. The van der Waals surface area contributed by atoms with Crippen molar-refractivity contribution in [1.82, 2.24) is 9.62 Å². The van der Waals surface area contributed by atoms with Crippen LogP contribution in [0.4, 0.5) is 0 Å². The molecule has 1 saturated heterocycles. The highest BCUT2D eigenvalue weighted by atomic mass is 79.9. The van der Waals surface area contributed by atoms with E-state index in [9.17, 15) is 8.42 Å². The molecule has 2 heterocycles. The van der Waals surface area contributed by atoms with Crippen LogP contribution in [0.3, 0.4) is 0 Å². The van der Waals surface area contributed by atoms with E-state index in [4.69, 9.17) is 0 Å². The van der Waals surface area contributed by atoms with Crippen LogP contribution in [0.15, 0.2) is 20.1 Å². The number of thiophene rings is 1. The van der Waals surface area contributed by atoms with Gasteiger partial charge in [0.1, 0.15) is 4.21 Å². The summed E-state index contributed by atoms with van der Waals surface area (Å²) in [7, 11) is -1.46. The molecule has 1 atom stereocenters. The lowest BCUT2D eigenvalue weighted by molar-refractivity contribution is 0.380. The highest BCUT2D eigenvalue weighted by Gasteiger charge is 2.35. The van der Waals surface area contributed by atoms with Gasteiger partial charge in [-0.05, 0) is 48.0 Å². The standard InChI is InChI=1S/C10H15BrN2O2S2.ClH/c1-12-7-8-3-2-6-13(8)17(14,15)10-5-4-9(11)16-10;/h4-5,8,12H,2-3,6-7H2,1H3;1H. The van der Waals surface area contributed by atoms with Gasteiger partial charge in [0.05, 0.1) is 3.79 Å². The van der Waals surface area contributed by atoms with Crippen molar-refractivity contribution in [3.05, 3.63) is 15.9 Å². The third-order valence-electron chi connectivity index (χ3n) is 2.87. The Balaban J connectivity index is 0.00000162. The fraction of sp³-hybridized carbons (Fsp3) is 0.600. The van der Waals surface area contributed by atoms with Crippen LogP contribution in [0.1, 0.15) is 12.8 Å². The van der Waals surface area contributed by atoms with Gasteiger partial charge in [-0.25, -0.2) is 8.42 Å². The molecule has 1 aromatic heterocycles. The number of hydrogen-bond donors (Lipinski definition) is 1. The monoisotopic (exact) mass is 374 g/mol. The number of rotatable bonds is 4. The quantitative estimate of drug-likeness (QED) is 0.878. The highest BCUT2D eigenvalue weighted by Crippen LogP contribution is 2.32.